The third-order valence-electron chi connectivity index (χ3n) is 3.52. The third-order valence-corrected chi connectivity index (χ3v) is 3.52. The maximum Gasteiger partial charge on any atom is 0.200 e. The average Bonchev–Trinajstić information content (AvgIpc) is 2.34. The zero-order valence-corrected chi connectivity index (χ0v) is 10.7. The standard InChI is InChI=1S/C16H14O2/c1-9-4-6-12-14(8-9)18-16-11(3)10(2)5-7-13(16)15(12)17/h4-8H,1-3H3. The van der Waals surface area contributed by atoms with Gasteiger partial charge in [0.2, 0.25) is 5.43 Å². The molecule has 0 bridgehead atoms. The molecule has 2 aromatic carbocycles. The van der Waals surface area contributed by atoms with Gasteiger partial charge >= 0.3 is 0 Å². The fourth-order valence-corrected chi connectivity index (χ4v) is 2.26. The Hall–Kier alpha value is -2.09. The molecule has 90 valence electrons. The van der Waals surface area contributed by atoms with Gasteiger partial charge in [0.15, 0.2) is 0 Å². The number of fused-ring (bicyclic) bond motifs is 2. The lowest BCUT2D eigenvalue weighted by atomic mass is 10.0. The highest BCUT2D eigenvalue weighted by Crippen LogP contribution is 2.24. The lowest BCUT2D eigenvalue weighted by molar-refractivity contribution is 0.656. The molecular weight excluding hydrogens is 224 g/mol. The molecule has 0 radical (unpaired) electrons. The van der Waals surface area contributed by atoms with E-state index in [9.17, 15) is 4.79 Å². The SMILES string of the molecule is Cc1ccc2c(=O)c3ccc(C)c(C)c3oc2c1. The molecule has 0 spiro atoms. The Morgan fingerprint density at radius 2 is 1.67 bits per heavy atom. The first-order valence-electron chi connectivity index (χ1n) is 6.01. The summed E-state index contributed by atoms with van der Waals surface area (Å²) >= 11 is 0. The second-order valence-electron chi connectivity index (χ2n) is 4.81. The fraction of sp³-hybridized carbons (Fsp3) is 0.188. The van der Waals surface area contributed by atoms with Crippen molar-refractivity contribution in [2.24, 2.45) is 0 Å². The van der Waals surface area contributed by atoms with Gasteiger partial charge < -0.3 is 4.42 Å². The maximum absolute atomic E-state index is 12.4. The molecule has 3 rings (SSSR count). The van der Waals surface area contributed by atoms with Crippen LogP contribution in [0.3, 0.4) is 0 Å². The van der Waals surface area contributed by atoms with Crippen LogP contribution in [0.2, 0.25) is 0 Å². The van der Waals surface area contributed by atoms with E-state index < -0.39 is 0 Å². The van der Waals surface area contributed by atoms with Crippen LogP contribution in [0.25, 0.3) is 21.9 Å². The Balaban J connectivity index is 2.61. The minimum atomic E-state index is 0.0503. The molecule has 0 aliphatic rings. The van der Waals surface area contributed by atoms with Gasteiger partial charge in [-0.15, -0.1) is 0 Å². The molecule has 0 saturated carbocycles. The smallest absolute Gasteiger partial charge is 0.200 e. The quantitative estimate of drug-likeness (QED) is 0.556. The zero-order valence-electron chi connectivity index (χ0n) is 10.7. The first-order valence-corrected chi connectivity index (χ1v) is 6.01. The predicted octanol–water partition coefficient (Wildman–Crippen LogP) is 3.87. The molecule has 1 aromatic heterocycles. The van der Waals surface area contributed by atoms with E-state index in [4.69, 9.17) is 4.42 Å². The molecule has 0 N–H and O–H groups in total. The minimum absolute atomic E-state index is 0.0503. The lowest BCUT2D eigenvalue weighted by Gasteiger charge is -2.06. The third kappa shape index (κ3) is 1.46. The van der Waals surface area contributed by atoms with Gasteiger partial charge in [-0.1, -0.05) is 12.1 Å². The van der Waals surface area contributed by atoms with Gasteiger partial charge in [0.25, 0.3) is 0 Å². The average molecular weight is 238 g/mol. The molecule has 0 atom stereocenters. The monoisotopic (exact) mass is 238 g/mol. The summed E-state index contributed by atoms with van der Waals surface area (Å²) in [5, 5.41) is 1.31. The molecule has 18 heavy (non-hydrogen) atoms. The van der Waals surface area contributed by atoms with Crippen molar-refractivity contribution in [3.63, 3.8) is 0 Å². The Morgan fingerprint density at radius 1 is 0.944 bits per heavy atom. The molecule has 0 saturated heterocycles. The van der Waals surface area contributed by atoms with E-state index in [1.54, 1.807) is 0 Å². The van der Waals surface area contributed by atoms with Crippen LogP contribution in [-0.4, -0.2) is 0 Å². The second kappa shape index (κ2) is 3.70. The summed E-state index contributed by atoms with van der Waals surface area (Å²) in [5.41, 5.74) is 4.69. The van der Waals surface area contributed by atoms with Gasteiger partial charge in [-0.2, -0.15) is 0 Å². The van der Waals surface area contributed by atoms with E-state index in [2.05, 4.69) is 0 Å². The summed E-state index contributed by atoms with van der Waals surface area (Å²) in [6.45, 7) is 6.00. The summed E-state index contributed by atoms with van der Waals surface area (Å²) in [7, 11) is 0. The number of rotatable bonds is 0. The van der Waals surface area contributed by atoms with Crippen LogP contribution in [0.4, 0.5) is 0 Å². The topological polar surface area (TPSA) is 30.2 Å². The van der Waals surface area contributed by atoms with Crippen LogP contribution in [0.15, 0.2) is 39.5 Å². The van der Waals surface area contributed by atoms with Crippen molar-refractivity contribution in [2.45, 2.75) is 20.8 Å². The number of hydrogen-bond acceptors (Lipinski definition) is 2. The van der Waals surface area contributed by atoms with Crippen LogP contribution >= 0.6 is 0 Å². The van der Waals surface area contributed by atoms with Crippen molar-refractivity contribution < 1.29 is 4.42 Å². The van der Waals surface area contributed by atoms with Crippen molar-refractivity contribution in [3.05, 3.63) is 57.2 Å². The predicted molar refractivity (Wildman–Crippen MR) is 74.2 cm³/mol. The van der Waals surface area contributed by atoms with Crippen molar-refractivity contribution in [3.8, 4) is 0 Å². The zero-order chi connectivity index (χ0) is 12.9. The Morgan fingerprint density at radius 3 is 2.44 bits per heavy atom. The van der Waals surface area contributed by atoms with Gasteiger partial charge in [0.1, 0.15) is 11.2 Å². The number of aryl methyl sites for hydroxylation is 3. The summed E-state index contributed by atoms with van der Waals surface area (Å²) in [4.78, 5) is 12.4. The van der Waals surface area contributed by atoms with Gasteiger partial charge in [0.05, 0.1) is 10.8 Å². The Kier molecular flexibility index (Phi) is 2.27. The van der Waals surface area contributed by atoms with Gasteiger partial charge in [-0.3, -0.25) is 4.79 Å². The molecule has 2 nitrogen and oxygen atoms in total. The van der Waals surface area contributed by atoms with E-state index >= 15 is 0 Å². The molecule has 0 unspecified atom stereocenters. The highest BCUT2D eigenvalue weighted by atomic mass is 16.3. The second-order valence-corrected chi connectivity index (χ2v) is 4.81. The highest BCUT2D eigenvalue weighted by Gasteiger charge is 2.10. The van der Waals surface area contributed by atoms with E-state index in [0.717, 1.165) is 16.7 Å². The molecule has 2 heteroatoms. The van der Waals surface area contributed by atoms with Gasteiger partial charge in [-0.25, -0.2) is 0 Å². The van der Waals surface area contributed by atoms with E-state index in [1.807, 2.05) is 51.1 Å². The molecule has 3 aromatic rings. The molecule has 0 fully saturated rings. The van der Waals surface area contributed by atoms with Gasteiger partial charge in [0, 0.05) is 0 Å². The largest absolute Gasteiger partial charge is 0.456 e. The summed E-state index contributed by atoms with van der Waals surface area (Å²) < 4.78 is 5.92. The first-order chi connectivity index (χ1) is 8.58. The molecule has 0 aliphatic carbocycles. The Labute approximate surface area is 105 Å². The maximum atomic E-state index is 12.4. The minimum Gasteiger partial charge on any atom is -0.456 e. The van der Waals surface area contributed by atoms with Crippen molar-refractivity contribution >= 4 is 21.9 Å². The molecule has 0 aliphatic heterocycles. The normalized spacial score (nSPS) is 11.3. The lowest BCUT2D eigenvalue weighted by Crippen LogP contribution is -2.03. The van der Waals surface area contributed by atoms with Crippen LogP contribution in [-0.2, 0) is 0 Å². The highest BCUT2D eigenvalue weighted by molar-refractivity contribution is 5.91. The summed E-state index contributed by atoms with van der Waals surface area (Å²) in [6.07, 6.45) is 0. The first kappa shape index (κ1) is 11.0. The van der Waals surface area contributed by atoms with Crippen LogP contribution in [0.1, 0.15) is 16.7 Å². The van der Waals surface area contributed by atoms with E-state index in [0.29, 0.717) is 21.9 Å². The number of hydrogen-bond donors (Lipinski definition) is 0. The summed E-state index contributed by atoms with van der Waals surface area (Å²) in [5.74, 6) is 0. The van der Waals surface area contributed by atoms with Gasteiger partial charge in [-0.05, 0) is 55.7 Å². The van der Waals surface area contributed by atoms with E-state index in [-0.39, 0.29) is 5.43 Å². The van der Waals surface area contributed by atoms with Crippen LogP contribution in [0, 0.1) is 20.8 Å². The van der Waals surface area contributed by atoms with Crippen molar-refractivity contribution in [1.29, 1.82) is 0 Å². The van der Waals surface area contributed by atoms with Crippen molar-refractivity contribution in [2.75, 3.05) is 0 Å². The fourth-order valence-electron chi connectivity index (χ4n) is 2.26. The molecule has 0 amide bonds. The van der Waals surface area contributed by atoms with Crippen LogP contribution in [0.5, 0.6) is 0 Å². The number of benzene rings is 2. The molecule has 1 heterocycles. The summed E-state index contributed by atoms with van der Waals surface area (Å²) in [6, 6.07) is 9.51. The van der Waals surface area contributed by atoms with Crippen LogP contribution < -0.4 is 5.43 Å². The Bertz CT molecular complexity index is 826. The van der Waals surface area contributed by atoms with E-state index in [1.165, 1.54) is 0 Å². The molecular formula is C16H14O2. The van der Waals surface area contributed by atoms with Crippen molar-refractivity contribution in [1.82, 2.24) is 0 Å².